The fourth-order valence-electron chi connectivity index (χ4n) is 10.1. The first kappa shape index (κ1) is 34.6. The Morgan fingerprint density at radius 3 is 1.45 bits per heavy atom. The summed E-state index contributed by atoms with van der Waals surface area (Å²) in [4.78, 5) is 60.7. The molecule has 0 aromatic heterocycles. The van der Waals surface area contributed by atoms with E-state index in [1.54, 1.807) is 4.90 Å². The van der Waals surface area contributed by atoms with E-state index < -0.39 is 0 Å². The number of hydrogen-bond acceptors (Lipinski definition) is 4. The molecule has 56 heavy (non-hydrogen) atoms. The number of anilines is 1. The predicted molar refractivity (Wildman–Crippen MR) is 225 cm³/mol. The molecule has 0 radical (unpaired) electrons. The van der Waals surface area contributed by atoms with Gasteiger partial charge in [-0.25, -0.2) is 4.90 Å². The van der Waals surface area contributed by atoms with Gasteiger partial charge in [0, 0.05) is 39.1 Å². The van der Waals surface area contributed by atoms with Gasteiger partial charge in [0.25, 0.3) is 23.6 Å². The summed E-state index contributed by atoms with van der Waals surface area (Å²) in [6.45, 7) is 4.39. The molecule has 0 spiro atoms. The van der Waals surface area contributed by atoms with Crippen molar-refractivity contribution in [1.29, 1.82) is 0 Å². The second-order valence-electron chi connectivity index (χ2n) is 16.1. The van der Waals surface area contributed by atoms with E-state index in [1.165, 1.54) is 16.0 Å². The van der Waals surface area contributed by atoms with E-state index in [0.29, 0.717) is 38.7 Å². The molecule has 10 rings (SSSR count). The number of fused-ring (bicyclic) bond motifs is 5. The maximum atomic E-state index is 14.5. The monoisotopic (exact) mass is 736 g/mol. The molecular weight excluding hydrogens is 693 g/mol. The number of carbonyl (C=O) groups excluding carboxylic acids is 4. The number of hydrogen-bond donors (Lipinski definition) is 0. The molecule has 2 heterocycles. The Kier molecular flexibility index (Phi) is 8.28. The molecular formula is C50H44N2O4. The molecule has 278 valence electrons. The Balaban J connectivity index is 1.07. The summed E-state index contributed by atoms with van der Waals surface area (Å²) in [5.41, 5.74) is 7.37. The van der Waals surface area contributed by atoms with Crippen molar-refractivity contribution < 1.29 is 19.2 Å². The number of carbonyl (C=O) groups is 4. The molecule has 0 N–H and O–H groups in total. The van der Waals surface area contributed by atoms with Crippen molar-refractivity contribution in [2.75, 3.05) is 4.90 Å². The van der Waals surface area contributed by atoms with Crippen LogP contribution in [0, 0.1) is 0 Å². The van der Waals surface area contributed by atoms with Crippen LogP contribution in [0.5, 0.6) is 0 Å². The average molecular weight is 737 g/mol. The third-order valence-electron chi connectivity index (χ3n) is 12.8. The van der Waals surface area contributed by atoms with E-state index >= 15 is 0 Å². The molecule has 0 saturated heterocycles. The first-order valence-electron chi connectivity index (χ1n) is 20.6. The lowest BCUT2D eigenvalue weighted by atomic mass is 9.82. The summed E-state index contributed by atoms with van der Waals surface area (Å²) in [5.74, 6) is -1.09. The molecule has 0 atom stereocenters. The number of unbranched alkanes of at least 4 members (excludes halogenated alkanes) is 6. The fourth-order valence-corrected chi connectivity index (χ4v) is 10.1. The highest BCUT2D eigenvalue weighted by molar-refractivity contribution is 6.43. The molecule has 6 heteroatoms. The van der Waals surface area contributed by atoms with Gasteiger partial charge in [0.15, 0.2) is 0 Å². The second-order valence-corrected chi connectivity index (χ2v) is 16.1. The van der Waals surface area contributed by atoms with E-state index in [9.17, 15) is 19.2 Å². The van der Waals surface area contributed by atoms with Gasteiger partial charge in [-0.1, -0.05) is 120 Å². The highest BCUT2D eigenvalue weighted by Crippen LogP contribution is 2.47. The summed E-state index contributed by atoms with van der Waals surface area (Å²) in [6, 6.07) is 29.5. The van der Waals surface area contributed by atoms with Crippen molar-refractivity contribution in [3.63, 3.8) is 0 Å². The maximum Gasteiger partial charge on any atom is 0.265 e. The lowest BCUT2D eigenvalue weighted by Gasteiger charge is -2.35. The molecule has 4 amide bonds. The number of rotatable bonds is 12. The van der Waals surface area contributed by atoms with Crippen molar-refractivity contribution in [1.82, 2.24) is 4.90 Å². The van der Waals surface area contributed by atoms with Crippen molar-refractivity contribution in [2.45, 2.75) is 90.5 Å². The van der Waals surface area contributed by atoms with Crippen molar-refractivity contribution in [2.24, 2.45) is 0 Å². The van der Waals surface area contributed by atoms with Crippen molar-refractivity contribution in [3.05, 3.63) is 124 Å². The van der Waals surface area contributed by atoms with Crippen LogP contribution in [0.2, 0.25) is 0 Å². The minimum Gasteiger partial charge on any atom is -0.271 e. The summed E-state index contributed by atoms with van der Waals surface area (Å²) < 4.78 is 0. The topological polar surface area (TPSA) is 74.8 Å². The lowest BCUT2D eigenvalue weighted by molar-refractivity contribution is 0.0516. The third kappa shape index (κ3) is 5.00. The lowest BCUT2D eigenvalue weighted by Crippen LogP contribution is -2.47. The van der Waals surface area contributed by atoms with Gasteiger partial charge in [-0.2, -0.15) is 0 Å². The van der Waals surface area contributed by atoms with Crippen LogP contribution >= 0.6 is 0 Å². The number of imide groups is 2. The van der Waals surface area contributed by atoms with Crippen LogP contribution in [0.25, 0.3) is 54.2 Å². The van der Waals surface area contributed by atoms with Crippen LogP contribution in [0.1, 0.15) is 131 Å². The van der Waals surface area contributed by atoms with Crippen LogP contribution in [-0.2, 0) is 6.42 Å². The third-order valence-corrected chi connectivity index (χ3v) is 12.8. The van der Waals surface area contributed by atoms with Crippen LogP contribution in [0.15, 0.2) is 91.0 Å². The normalized spacial score (nSPS) is 14.8. The van der Waals surface area contributed by atoms with Crippen molar-refractivity contribution >= 4 is 72.4 Å². The van der Waals surface area contributed by atoms with Gasteiger partial charge in [-0.15, -0.1) is 0 Å². The van der Waals surface area contributed by atoms with Crippen LogP contribution in [-0.4, -0.2) is 34.6 Å². The van der Waals surface area contributed by atoms with E-state index in [0.717, 1.165) is 114 Å². The molecule has 0 bridgehead atoms. The van der Waals surface area contributed by atoms with Gasteiger partial charge in [0.1, 0.15) is 0 Å². The maximum absolute atomic E-state index is 14.5. The van der Waals surface area contributed by atoms with Gasteiger partial charge in [0.2, 0.25) is 0 Å². The van der Waals surface area contributed by atoms with Gasteiger partial charge >= 0.3 is 0 Å². The highest BCUT2D eigenvalue weighted by Gasteiger charge is 2.39. The number of nitrogens with zero attached hydrogens (tertiary/aromatic N) is 2. The van der Waals surface area contributed by atoms with Gasteiger partial charge < -0.3 is 0 Å². The van der Waals surface area contributed by atoms with Crippen molar-refractivity contribution in [3.8, 4) is 11.1 Å². The highest BCUT2D eigenvalue weighted by atomic mass is 16.2. The molecule has 2 aliphatic heterocycles. The van der Waals surface area contributed by atoms with Gasteiger partial charge in [-0.05, 0) is 110 Å². The van der Waals surface area contributed by atoms with Crippen LogP contribution < -0.4 is 4.90 Å². The summed E-state index contributed by atoms with van der Waals surface area (Å²) in [6.07, 6.45) is 11.2. The van der Waals surface area contributed by atoms with Gasteiger partial charge in [0.05, 0.1) is 5.69 Å². The molecule has 1 aliphatic carbocycles. The predicted octanol–water partition coefficient (Wildman–Crippen LogP) is 12.0. The first-order chi connectivity index (χ1) is 27.4. The zero-order valence-electron chi connectivity index (χ0n) is 32.0. The minimum atomic E-state index is -0.340. The SMILES string of the molecule is CCCCCCC(CCCCCC)N1C(=O)c2ccc3c4ccc5c6c(ccc(c7ccc(c2c37)C1=O)c64)C(=O)N(c1ccc2c(c1)Cc1ccccc1-2)C5=O. The molecule has 0 unspecified atom stereocenters. The molecule has 0 fully saturated rings. The largest absolute Gasteiger partial charge is 0.271 e. The Labute approximate surface area is 326 Å². The van der Waals surface area contributed by atoms with E-state index in [-0.39, 0.29) is 29.7 Å². The zero-order valence-corrected chi connectivity index (χ0v) is 32.0. The van der Waals surface area contributed by atoms with Crippen LogP contribution in [0.3, 0.4) is 0 Å². The van der Waals surface area contributed by atoms with E-state index in [2.05, 4.69) is 26.0 Å². The summed E-state index contributed by atoms with van der Waals surface area (Å²) in [7, 11) is 0. The Bertz CT molecular complexity index is 2680. The Morgan fingerprint density at radius 2 is 0.929 bits per heavy atom. The number of amides is 4. The van der Waals surface area contributed by atoms with E-state index in [4.69, 9.17) is 0 Å². The molecule has 7 aromatic carbocycles. The second kappa shape index (κ2) is 13.4. The average Bonchev–Trinajstić information content (AvgIpc) is 3.59. The first-order valence-corrected chi connectivity index (χ1v) is 20.6. The fraction of sp³-hybridized carbons (Fsp3) is 0.280. The Morgan fingerprint density at radius 1 is 0.464 bits per heavy atom. The van der Waals surface area contributed by atoms with E-state index in [1.807, 2.05) is 78.9 Å². The smallest absolute Gasteiger partial charge is 0.265 e. The quantitative estimate of drug-likeness (QED) is 0.0542. The minimum absolute atomic E-state index is 0.126. The van der Waals surface area contributed by atoms with Crippen LogP contribution in [0.4, 0.5) is 5.69 Å². The standard InChI is InChI=1S/C50H44N2O4/c1-3-5-7-9-14-31(15-10-8-6-4-2)51-47(53)39-23-19-35-37-21-25-41-46-42(26-22-38(44(37)46)36-20-24-40(48(51)54)45(39)43(35)36)50(56)52(49(41)55)32-17-18-34-30(28-32)27-29-13-11-12-16-33(29)34/h11-13,16-26,28,31H,3-10,14-15,27H2,1-2H3. The summed E-state index contributed by atoms with van der Waals surface area (Å²) in [5, 5.41) is 6.71. The molecule has 7 aromatic rings. The molecule has 0 saturated carbocycles. The zero-order chi connectivity index (χ0) is 38.2. The molecule has 3 aliphatic rings. The summed E-state index contributed by atoms with van der Waals surface area (Å²) >= 11 is 0. The molecule has 6 nitrogen and oxygen atoms in total. The Hall–Kier alpha value is -5.88. The van der Waals surface area contributed by atoms with Gasteiger partial charge in [-0.3, -0.25) is 24.1 Å². The number of benzene rings is 7.